The Morgan fingerprint density at radius 3 is 1.88 bits per heavy atom. The van der Waals surface area contributed by atoms with Crippen molar-refractivity contribution in [2.24, 2.45) is 10.7 Å². The third-order valence-corrected chi connectivity index (χ3v) is 6.57. The van der Waals surface area contributed by atoms with Crippen LogP contribution < -0.4 is 5.73 Å². The highest BCUT2D eigenvalue weighted by molar-refractivity contribution is 5.79. The standard InChI is InChI=1S/C20H26.C18H20N2/c1-5-8-12-18(13-9-6-2)20-15-10-14-19(16-20)17(4)11-7-3;1-14(2)18(20-15(3)19,16-10-6-4-7-11-16)17-12-8-5-9-13-17/h5,8,10,12-16H,1,4,6-7,9,11H2,2-3H3;4-13H,1H2,2-3H3,(H2,19,20)/b12-8-,18-13+;. The van der Waals surface area contributed by atoms with Gasteiger partial charge in [-0.05, 0) is 71.7 Å². The maximum atomic E-state index is 5.90. The molecule has 3 aromatic carbocycles. The minimum absolute atomic E-state index is 0.542. The van der Waals surface area contributed by atoms with Crippen molar-refractivity contribution in [2.75, 3.05) is 0 Å². The lowest BCUT2D eigenvalue weighted by molar-refractivity contribution is 0.640. The molecule has 0 saturated carbocycles. The lowest BCUT2D eigenvalue weighted by Crippen LogP contribution is -2.29. The van der Waals surface area contributed by atoms with E-state index in [4.69, 9.17) is 10.7 Å². The summed E-state index contributed by atoms with van der Waals surface area (Å²) in [7, 11) is 0. The van der Waals surface area contributed by atoms with Gasteiger partial charge in [0.15, 0.2) is 0 Å². The number of amidine groups is 1. The highest BCUT2D eigenvalue weighted by Crippen LogP contribution is 2.39. The van der Waals surface area contributed by atoms with Gasteiger partial charge in [-0.3, -0.25) is 4.99 Å². The summed E-state index contributed by atoms with van der Waals surface area (Å²) in [6.45, 7) is 20.3. The number of unbranched alkanes of at least 4 members (excludes halogenated alkanes) is 1. The molecule has 0 aliphatic rings. The molecular formula is C38H46N2. The van der Waals surface area contributed by atoms with Gasteiger partial charge in [-0.25, -0.2) is 0 Å². The normalized spacial score (nSPS) is 12.0. The van der Waals surface area contributed by atoms with Gasteiger partial charge in [-0.15, -0.1) is 0 Å². The fourth-order valence-electron chi connectivity index (χ4n) is 4.63. The summed E-state index contributed by atoms with van der Waals surface area (Å²) >= 11 is 0. The molecule has 0 radical (unpaired) electrons. The third-order valence-electron chi connectivity index (χ3n) is 6.57. The average Bonchev–Trinajstić information content (AvgIpc) is 2.97. The van der Waals surface area contributed by atoms with Gasteiger partial charge in [-0.1, -0.05) is 150 Å². The molecule has 0 heterocycles. The highest BCUT2D eigenvalue weighted by atomic mass is 14.9. The van der Waals surface area contributed by atoms with Gasteiger partial charge in [0.2, 0.25) is 0 Å². The van der Waals surface area contributed by atoms with E-state index in [1.54, 1.807) is 0 Å². The van der Waals surface area contributed by atoms with Crippen LogP contribution in [-0.4, -0.2) is 5.84 Å². The van der Waals surface area contributed by atoms with Crippen LogP contribution in [-0.2, 0) is 5.54 Å². The predicted octanol–water partition coefficient (Wildman–Crippen LogP) is 10.3. The quantitative estimate of drug-likeness (QED) is 0.108. The van der Waals surface area contributed by atoms with E-state index in [1.807, 2.05) is 62.4 Å². The number of hydrogen-bond acceptors (Lipinski definition) is 1. The van der Waals surface area contributed by atoms with Gasteiger partial charge in [-0.2, -0.15) is 0 Å². The Balaban J connectivity index is 0.000000280. The molecule has 40 heavy (non-hydrogen) atoms. The van der Waals surface area contributed by atoms with Crippen LogP contribution in [0.15, 0.2) is 140 Å². The molecule has 0 aliphatic heterocycles. The molecule has 3 rings (SSSR count). The summed E-state index contributed by atoms with van der Waals surface area (Å²) in [5.74, 6) is 0.542. The van der Waals surface area contributed by atoms with Crippen molar-refractivity contribution in [1.29, 1.82) is 0 Å². The van der Waals surface area contributed by atoms with E-state index in [2.05, 4.69) is 94.3 Å². The van der Waals surface area contributed by atoms with Crippen LogP contribution in [0.1, 0.15) is 75.6 Å². The van der Waals surface area contributed by atoms with Crippen molar-refractivity contribution < 1.29 is 0 Å². The fourth-order valence-corrected chi connectivity index (χ4v) is 4.63. The van der Waals surface area contributed by atoms with E-state index in [0.29, 0.717) is 5.84 Å². The second-order valence-corrected chi connectivity index (χ2v) is 9.95. The first-order valence-electron chi connectivity index (χ1n) is 14.2. The summed E-state index contributed by atoms with van der Waals surface area (Å²) < 4.78 is 0. The van der Waals surface area contributed by atoms with E-state index in [1.165, 1.54) is 22.3 Å². The molecule has 0 fully saturated rings. The number of nitrogens with zero attached hydrogens (tertiary/aromatic N) is 1. The summed E-state index contributed by atoms with van der Waals surface area (Å²) in [5, 5.41) is 0. The van der Waals surface area contributed by atoms with E-state index < -0.39 is 5.54 Å². The Hall–Kier alpha value is -4.17. The molecule has 208 valence electrons. The summed E-state index contributed by atoms with van der Waals surface area (Å²) in [6.07, 6.45) is 12.7. The number of hydrogen-bond donors (Lipinski definition) is 1. The largest absolute Gasteiger partial charge is 0.388 e. The molecule has 0 unspecified atom stereocenters. The van der Waals surface area contributed by atoms with E-state index >= 15 is 0 Å². The van der Waals surface area contributed by atoms with Crippen molar-refractivity contribution in [3.63, 3.8) is 0 Å². The number of benzene rings is 3. The zero-order chi connectivity index (χ0) is 29.4. The van der Waals surface area contributed by atoms with E-state index in [9.17, 15) is 0 Å². The van der Waals surface area contributed by atoms with Crippen molar-refractivity contribution in [3.05, 3.63) is 157 Å². The smallest absolute Gasteiger partial charge is 0.133 e. The summed E-state index contributed by atoms with van der Waals surface area (Å²) in [6, 6.07) is 29.0. The first kappa shape index (κ1) is 32.0. The maximum absolute atomic E-state index is 5.90. The Morgan fingerprint density at radius 2 is 1.40 bits per heavy atom. The van der Waals surface area contributed by atoms with Crippen LogP contribution in [0.3, 0.4) is 0 Å². The topological polar surface area (TPSA) is 38.4 Å². The minimum Gasteiger partial charge on any atom is -0.388 e. The molecule has 3 aromatic rings. The Labute approximate surface area is 243 Å². The fraction of sp³-hybridized carbons (Fsp3) is 0.237. The van der Waals surface area contributed by atoms with Crippen LogP contribution in [0.25, 0.3) is 11.1 Å². The van der Waals surface area contributed by atoms with Crippen LogP contribution in [0.5, 0.6) is 0 Å². The zero-order valence-electron chi connectivity index (χ0n) is 24.9. The van der Waals surface area contributed by atoms with Crippen molar-refractivity contribution in [2.45, 2.75) is 58.9 Å². The molecular weight excluding hydrogens is 484 g/mol. The zero-order valence-corrected chi connectivity index (χ0v) is 24.9. The second kappa shape index (κ2) is 16.7. The SMILES string of the molecule is C=C(C)C(N=C(C)N)(c1ccccc1)c1ccccc1.C=C/C=C\C(=C/CCC)c1cccc(C(=C)CCC)c1. The first-order chi connectivity index (χ1) is 19.3. The van der Waals surface area contributed by atoms with Gasteiger partial charge in [0.05, 0.1) is 5.84 Å². The van der Waals surface area contributed by atoms with Crippen molar-refractivity contribution in [1.82, 2.24) is 0 Å². The van der Waals surface area contributed by atoms with Gasteiger partial charge in [0.25, 0.3) is 0 Å². The second-order valence-electron chi connectivity index (χ2n) is 9.95. The molecule has 2 N–H and O–H groups in total. The van der Waals surface area contributed by atoms with Crippen LogP contribution in [0, 0.1) is 0 Å². The monoisotopic (exact) mass is 530 g/mol. The average molecular weight is 531 g/mol. The molecule has 2 nitrogen and oxygen atoms in total. The van der Waals surface area contributed by atoms with Gasteiger partial charge in [0.1, 0.15) is 5.54 Å². The van der Waals surface area contributed by atoms with E-state index in [-0.39, 0.29) is 0 Å². The summed E-state index contributed by atoms with van der Waals surface area (Å²) in [5.41, 5.74) is 13.4. The van der Waals surface area contributed by atoms with Crippen LogP contribution in [0.2, 0.25) is 0 Å². The molecule has 0 saturated heterocycles. The lowest BCUT2D eigenvalue weighted by atomic mass is 9.78. The number of rotatable bonds is 12. The maximum Gasteiger partial charge on any atom is 0.133 e. The molecule has 0 spiro atoms. The predicted molar refractivity (Wildman–Crippen MR) is 178 cm³/mol. The summed E-state index contributed by atoms with van der Waals surface area (Å²) in [4.78, 5) is 4.74. The molecule has 0 amide bonds. The van der Waals surface area contributed by atoms with Crippen LogP contribution >= 0.6 is 0 Å². The molecule has 0 aromatic heterocycles. The first-order valence-corrected chi connectivity index (χ1v) is 14.2. The molecule has 0 aliphatic carbocycles. The number of nitrogens with two attached hydrogens (primary N) is 1. The van der Waals surface area contributed by atoms with E-state index in [0.717, 1.165) is 42.4 Å². The lowest BCUT2D eigenvalue weighted by Gasteiger charge is -2.32. The Bertz CT molecular complexity index is 1280. The highest BCUT2D eigenvalue weighted by Gasteiger charge is 2.34. The van der Waals surface area contributed by atoms with Crippen molar-refractivity contribution in [3.8, 4) is 0 Å². The molecule has 0 bridgehead atoms. The minimum atomic E-state index is -0.624. The Morgan fingerprint density at radius 1 is 0.825 bits per heavy atom. The molecule has 0 atom stereocenters. The molecule has 2 heteroatoms. The third kappa shape index (κ3) is 8.95. The van der Waals surface area contributed by atoms with Gasteiger partial charge >= 0.3 is 0 Å². The number of aliphatic imine (C=N–C) groups is 1. The van der Waals surface area contributed by atoms with Crippen molar-refractivity contribution >= 4 is 17.0 Å². The van der Waals surface area contributed by atoms with Gasteiger partial charge in [0, 0.05) is 0 Å². The van der Waals surface area contributed by atoms with Gasteiger partial charge < -0.3 is 5.73 Å². The van der Waals surface area contributed by atoms with Crippen LogP contribution in [0.4, 0.5) is 0 Å². The Kier molecular flexibility index (Phi) is 13.4. The number of allylic oxidation sites excluding steroid dienone is 6.